The Morgan fingerprint density at radius 1 is 1.36 bits per heavy atom. The number of nitrogens with one attached hydrogen (secondary N) is 2. The van der Waals surface area contributed by atoms with E-state index in [0.717, 1.165) is 43.7 Å². The number of carbonyl (C=O) groups is 1. The maximum atomic E-state index is 12.8. The Labute approximate surface area is 130 Å². The topological polar surface area (TPSA) is 61.0 Å². The summed E-state index contributed by atoms with van der Waals surface area (Å²) < 4.78 is 0. The van der Waals surface area contributed by atoms with Gasteiger partial charge in [0.15, 0.2) is 0 Å². The second-order valence-corrected chi connectivity index (χ2v) is 5.68. The Kier molecular flexibility index (Phi) is 4.53. The van der Waals surface area contributed by atoms with Crippen LogP contribution >= 0.6 is 0 Å². The monoisotopic (exact) mass is 298 g/mol. The minimum absolute atomic E-state index is 0.0465. The third kappa shape index (κ3) is 3.04. The number of rotatable bonds is 5. The molecule has 1 unspecified atom stereocenters. The zero-order valence-electron chi connectivity index (χ0n) is 12.9. The predicted molar refractivity (Wildman–Crippen MR) is 86.6 cm³/mol. The number of benzene rings is 1. The lowest BCUT2D eigenvalue weighted by atomic mass is 10.1. The van der Waals surface area contributed by atoms with Gasteiger partial charge in [0.2, 0.25) is 0 Å². The lowest BCUT2D eigenvalue weighted by molar-refractivity contribution is 0.0686. The molecule has 5 heteroatoms. The highest BCUT2D eigenvalue weighted by molar-refractivity contribution is 5.93. The van der Waals surface area contributed by atoms with E-state index in [9.17, 15) is 4.79 Å². The molecule has 1 atom stereocenters. The van der Waals surface area contributed by atoms with Crippen LogP contribution in [0.1, 0.15) is 30.3 Å². The van der Waals surface area contributed by atoms with Crippen LogP contribution in [-0.2, 0) is 0 Å². The third-order valence-electron chi connectivity index (χ3n) is 4.08. The summed E-state index contributed by atoms with van der Waals surface area (Å²) in [6.07, 6.45) is 1.98. The molecular weight excluding hydrogens is 276 g/mol. The Morgan fingerprint density at radius 3 is 2.86 bits per heavy atom. The van der Waals surface area contributed by atoms with Crippen molar-refractivity contribution < 1.29 is 4.79 Å². The summed E-state index contributed by atoms with van der Waals surface area (Å²) in [4.78, 5) is 14.8. The minimum Gasteiger partial charge on any atom is -0.333 e. The molecule has 0 aliphatic carbocycles. The number of nitrogens with zero attached hydrogens (tertiary/aromatic N) is 2. The van der Waals surface area contributed by atoms with Crippen molar-refractivity contribution in [2.75, 3.05) is 19.6 Å². The smallest absolute Gasteiger partial charge is 0.272 e. The van der Waals surface area contributed by atoms with E-state index < -0.39 is 0 Å². The van der Waals surface area contributed by atoms with Crippen LogP contribution in [0, 0.1) is 0 Å². The number of hydrogen-bond donors (Lipinski definition) is 2. The van der Waals surface area contributed by atoms with Crippen molar-refractivity contribution in [3.8, 4) is 11.3 Å². The van der Waals surface area contributed by atoms with Crippen molar-refractivity contribution in [2.24, 2.45) is 0 Å². The van der Waals surface area contributed by atoms with Gasteiger partial charge in [-0.1, -0.05) is 37.3 Å². The quantitative estimate of drug-likeness (QED) is 0.890. The standard InChI is InChI=1S/C17H22N4O/c1-2-10-21(14-8-9-18-12-14)17(22)16-11-15(19-20-16)13-6-4-3-5-7-13/h3-7,11,14,18H,2,8-10,12H2,1H3,(H,19,20). The lowest BCUT2D eigenvalue weighted by Gasteiger charge is -2.27. The summed E-state index contributed by atoms with van der Waals surface area (Å²) in [5, 5.41) is 10.5. The van der Waals surface area contributed by atoms with E-state index in [1.54, 1.807) is 0 Å². The number of amides is 1. The number of carbonyl (C=O) groups excluding carboxylic acids is 1. The zero-order chi connectivity index (χ0) is 15.4. The Balaban J connectivity index is 1.80. The van der Waals surface area contributed by atoms with Crippen molar-refractivity contribution in [1.82, 2.24) is 20.4 Å². The predicted octanol–water partition coefficient (Wildman–Crippen LogP) is 2.29. The van der Waals surface area contributed by atoms with Gasteiger partial charge in [0.25, 0.3) is 5.91 Å². The number of aromatic nitrogens is 2. The largest absolute Gasteiger partial charge is 0.333 e. The highest BCUT2D eigenvalue weighted by Gasteiger charge is 2.27. The molecule has 2 heterocycles. The van der Waals surface area contributed by atoms with Gasteiger partial charge in [-0.05, 0) is 25.5 Å². The van der Waals surface area contributed by atoms with Gasteiger partial charge in [-0.25, -0.2) is 0 Å². The van der Waals surface area contributed by atoms with Crippen LogP contribution in [0.2, 0.25) is 0 Å². The van der Waals surface area contributed by atoms with Crippen LogP contribution in [0.25, 0.3) is 11.3 Å². The van der Waals surface area contributed by atoms with E-state index in [1.165, 1.54) is 0 Å². The fourth-order valence-corrected chi connectivity index (χ4v) is 2.94. The molecule has 2 aromatic rings. The van der Waals surface area contributed by atoms with Crippen LogP contribution in [0.15, 0.2) is 36.4 Å². The van der Waals surface area contributed by atoms with Crippen LogP contribution in [-0.4, -0.2) is 46.7 Å². The van der Waals surface area contributed by atoms with Gasteiger partial charge in [-0.2, -0.15) is 5.10 Å². The maximum Gasteiger partial charge on any atom is 0.272 e. The fourth-order valence-electron chi connectivity index (χ4n) is 2.94. The third-order valence-corrected chi connectivity index (χ3v) is 4.08. The molecule has 0 radical (unpaired) electrons. The van der Waals surface area contributed by atoms with E-state index in [4.69, 9.17) is 0 Å². The zero-order valence-corrected chi connectivity index (χ0v) is 12.9. The summed E-state index contributed by atoms with van der Waals surface area (Å²) in [5.74, 6) is 0.0465. The Morgan fingerprint density at radius 2 is 2.18 bits per heavy atom. The van der Waals surface area contributed by atoms with Gasteiger partial charge in [-0.15, -0.1) is 0 Å². The van der Waals surface area contributed by atoms with Crippen LogP contribution in [0.4, 0.5) is 0 Å². The van der Waals surface area contributed by atoms with Crippen LogP contribution in [0.5, 0.6) is 0 Å². The molecule has 1 amide bonds. The molecule has 1 aliphatic rings. The van der Waals surface area contributed by atoms with E-state index in [2.05, 4.69) is 22.4 Å². The van der Waals surface area contributed by atoms with Crippen molar-refractivity contribution in [3.63, 3.8) is 0 Å². The number of hydrogen-bond acceptors (Lipinski definition) is 3. The molecule has 116 valence electrons. The fraction of sp³-hybridized carbons (Fsp3) is 0.412. The average molecular weight is 298 g/mol. The van der Waals surface area contributed by atoms with Crippen LogP contribution < -0.4 is 5.32 Å². The summed E-state index contributed by atoms with van der Waals surface area (Å²) in [7, 11) is 0. The maximum absolute atomic E-state index is 12.8. The van der Waals surface area contributed by atoms with Crippen molar-refractivity contribution >= 4 is 5.91 Å². The molecule has 1 aromatic heterocycles. The molecule has 0 bridgehead atoms. The van der Waals surface area contributed by atoms with Gasteiger partial charge in [0.1, 0.15) is 5.69 Å². The van der Waals surface area contributed by atoms with Gasteiger partial charge in [0, 0.05) is 24.7 Å². The molecule has 5 nitrogen and oxygen atoms in total. The molecule has 1 aromatic carbocycles. The molecule has 1 saturated heterocycles. The molecule has 2 N–H and O–H groups in total. The normalized spacial score (nSPS) is 17.6. The van der Waals surface area contributed by atoms with Crippen molar-refractivity contribution in [3.05, 3.63) is 42.1 Å². The SMILES string of the molecule is CCCN(C(=O)c1cc(-c2ccccc2)n[nH]1)C1CCNC1. The van der Waals surface area contributed by atoms with Gasteiger partial charge >= 0.3 is 0 Å². The second kappa shape index (κ2) is 6.75. The summed E-state index contributed by atoms with van der Waals surface area (Å²) in [6, 6.07) is 12.0. The first kappa shape index (κ1) is 14.8. The van der Waals surface area contributed by atoms with Gasteiger partial charge in [-0.3, -0.25) is 9.89 Å². The second-order valence-electron chi connectivity index (χ2n) is 5.68. The first-order valence-electron chi connectivity index (χ1n) is 7.92. The van der Waals surface area contributed by atoms with E-state index >= 15 is 0 Å². The molecule has 3 rings (SSSR count). The molecule has 0 saturated carbocycles. The summed E-state index contributed by atoms with van der Waals surface area (Å²) >= 11 is 0. The number of aromatic amines is 1. The molecule has 0 spiro atoms. The lowest BCUT2D eigenvalue weighted by Crippen LogP contribution is -2.42. The minimum atomic E-state index is 0.0465. The van der Waals surface area contributed by atoms with E-state index in [1.807, 2.05) is 41.3 Å². The first-order chi connectivity index (χ1) is 10.8. The van der Waals surface area contributed by atoms with E-state index in [0.29, 0.717) is 5.69 Å². The van der Waals surface area contributed by atoms with Crippen LogP contribution in [0.3, 0.4) is 0 Å². The summed E-state index contributed by atoms with van der Waals surface area (Å²) in [6.45, 7) is 4.75. The van der Waals surface area contributed by atoms with Gasteiger partial charge < -0.3 is 10.2 Å². The Hall–Kier alpha value is -2.14. The van der Waals surface area contributed by atoms with E-state index in [-0.39, 0.29) is 11.9 Å². The summed E-state index contributed by atoms with van der Waals surface area (Å²) in [5.41, 5.74) is 2.39. The molecule has 1 fully saturated rings. The molecular formula is C17H22N4O. The van der Waals surface area contributed by atoms with Crippen molar-refractivity contribution in [1.29, 1.82) is 0 Å². The average Bonchev–Trinajstić information content (AvgIpc) is 3.24. The highest BCUT2D eigenvalue weighted by atomic mass is 16.2. The highest BCUT2D eigenvalue weighted by Crippen LogP contribution is 2.19. The Bertz CT molecular complexity index is 617. The molecule has 22 heavy (non-hydrogen) atoms. The van der Waals surface area contributed by atoms with Gasteiger partial charge in [0.05, 0.1) is 5.69 Å². The first-order valence-corrected chi connectivity index (χ1v) is 7.92. The number of H-pyrrole nitrogens is 1. The molecule has 1 aliphatic heterocycles. The van der Waals surface area contributed by atoms with Crippen molar-refractivity contribution in [2.45, 2.75) is 25.8 Å².